The van der Waals surface area contributed by atoms with Gasteiger partial charge in [0.1, 0.15) is 5.58 Å². The Hall–Kier alpha value is -5.52. The van der Waals surface area contributed by atoms with Gasteiger partial charge in [-0.15, -0.1) is 0 Å². The van der Waals surface area contributed by atoms with Gasteiger partial charge in [-0.05, 0) is 218 Å². The van der Waals surface area contributed by atoms with Crippen molar-refractivity contribution in [2.75, 3.05) is 16.8 Å². The molecule has 0 spiro atoms. The quantitative estimate of drug-likeness (QED) is 0.178. The molecule has 5 aliphatic rings. The molecule has 76 heavy (non-hydrogen) atoms. The van der Waals surface area contributed by atoms with E-state index in [0.717, 1.165) is 43.6 Å². The Kier molecular flexibility index (Phi) is 11.0. The second-order valence-electron chi connectivity index (χ2n) is 30.0. The Morgan fingerprint density at radius 3 is 1.59 bits per heavy atom. The minimum absolute atomic E-state index is 0.0251. The summed E-state index contributed by atoms with van der Waals surface area (Å²) in [7, 11) is 2.17. The second kappa shape index (κ2) is 16.3. The molecule has 0 saturated carbocycles. The Balaban J connectivity index is 1.23. The summed E-state index contributed by atoms with van der Waals surface area (Å²) in [6.45, 7) is 43.2. The molecule has 3 heterocycles. The van der Waals surface area contributed by atoms with E-state index >= 15 is 0 Å². The SMILES string of the molecule is CNC1(C)CCC(C)(C)c2cc3c(cc21)N(c1ccc(C(C)(C)C)cc1-c1ccc(C(C)(C)C)cc1)c1cc(C)cc2c1B3c1c(oc3cc4c(cc13)C(C)(C)CCC4(C)C)N2c1ccc2c(c1)C(C)(C)CCC2(C)C. The van der Waals surface area contributed by atoms with Crippen molar-refractivity contribution in [1.29, 1.82) is 0 Å². The van der Waals surface area contributed by atoms with Crippen LogP contribution in [0, 0.1) is 6.92 Å². The average Bonchev–Trinajstić information content (AvgIpc) is 3.88. The fourth-order valence-corrected chi connectivity index (χ4v) is 14.7. The fraction of sp³-hybridized carbons (Fsp3) is 0.465. The Morgan fingerprint density at radius 1 is 0.474 bits per heavy atom. The lowest BCUT2D eigenvalue weighted by Crippen LogP contribution is -2.61. The van der Waals surface area contributed by atoms with Gasteiger partial charge in [-0.25, -0.2) is 0 Å². The van der Waals surface area contributed by atoms with E-state index in [1.165, 1.54) is 118 Å². The molecule has 0 amide bonds. The lowest BCUT2D eigenvalue weighted by Gasteiger charge is -2.48. The van der Waals surface area contributed by atoms with Gasteiger partial charge in [-0.2, -0.15) is 0 Å². The maximum absolute atomic E-state index is 7.70. The van der Waals surface area contributed by atoms with Gasteiger partial charge >= 0.3 is 0 Å². The van der Waals surface area contributed by atoms with Crippen LogP contribution >= 0.6 is 0 Å². The van der Waals surface area contributed by atoms with E-state index in [1.54, 1.807) is 0 Å². The van der Waals surface area contributed by atoms with Gasteiger partial charge < -0.3 is 14.6 Å². The van der Waals surface area contributed by atoms with Gasteiger partial charge in [0.2, 0.25) is 5.88 Å². The van der Waals surface area contributed by atoms with E-state index in [4.69, 9.17) is 4.42 Å². The summed E-state index contributed by atoms with van der Waals surface area (Å²) in [5, 5.41) is 5.13. The fourth-order valence-electron chi connectivity index (χ4n) is 14.7. The van der Waals surface area contributed by atoms with Crippen LogP contribution in [0.5, 0.6) is 0 Å². The Morgan fingerprint density at radius 2 is 1.00 bits per heavy atom. The maximum Gasteiger partial charge on any atom is 0.257 e. The molecule has 1 N–H and O–H groups in total. The lowest BCUT2D eigenvalue weighted by molar-refractivity contribution is 0.278. The van der Waals surface area contributed by atoms with Crippen LogP contribution < -0.4 is 31.5 Å². The molecule has 0 saturated heterocycles. The third kappa shape index (κ3) is 7.61. The summed E-state index contributed by atoms with van der Waals surface area (Å²) in [6.07, 6.45) is 6.80. The van der Waals surface area contributed by atoms with Crippen LogP contribution in [0.15, 0.2) is 101 Å². The molecule has 12 rings (SSSR count). The number of hydrogen-bond donors (Lipinski definition) is 1. The van der Waals surface area contributed by atoms with E-state index in [1.807, 2.05) is 0 Å². The van der Waals surface area contributed by atoms with Crippen molar-refractivity contribution in [2.45, 2.75) is 207 Å². The summed E-state index contributed by atoms with van der Waals surface area (Å²) in [5.74, 6) is 0.959. The van der Waals surface area contributed by atoms with Crippen molar-refractivity contribution in [3.63, 3.8) is 0 Å². The third-order valence-corrected chi connectivity index (χ3v) is 20.3. The number of benzene rings is 6. The highest BCUT2D eigenvalue weighted by Gasteiger charge is 2.51. The van der Waals surface area contributed by atoms with E-state index in [9.17, 15) is 0 Å². The van der Waals surface area contributed by atoms with Crippen LogP contribution in [0.2, 0.25) is 0 Å². The number of furan rings is 1. The predicted octanol–water partition coefficient (Wildman–Crippen LogP) is 17.3. The number of nitrogens with zero attached hydrogens (tertiary/aromatic N) is 2. The molecule has 1 atom stereocenters. The molecule has 0 radical (unpaired) electrons. The highest BCUT2D eigenvalue weighted by molar-refractivity contribution is 7.01. The highest BCUT2D eigenvalue weighted by Crippen LogP contribution is 2.55. The molecule has 1 aromatic heterocycles. The second-order valence-corrected chi connectivity index (χ2v) is 30.0. The first kappa shape index (κ1) is 51.3. The van der Waals surface area contributed by atoms with Crippen LogP contribution in [0.25, 0.3) is 22.1 Å². The largest absolute Gasteiger partial charge is 0.440 e. The van der Waals surface area contributed by atoms with Gasteiger partial charge in [0.05, 0.1) is 5.69 Å². The molecule has 5 heteroatoms. The van der Waals surface area contributed by atoms with E-state index in [2.05, 4.69) is 244 Å². The number of hydrogen-bond acceptors (Lipinski definition) is 4. The van der Waals surface area contributed by atoms with Gasteiger partial charge in [0.25, 0.3) is 6.71 Å². The zero-order valence-electron chi connectivity index (χ0n) is 49.9. The van der Waals surface area contributed by atoms with Crippen LogP contribution in [0.1, 0.15) is 206 Å². The molecular weight excluding hydrogens is 922 g/mol. The molecule has 3 aliphatic carbocycles. The Labute approximate surface area is 457 Å². The van der Waals surface area contributed by atoms with E-state index in [0.29, 0.717) is 0 Å². The van der Waals surface area contributed by atoms with Crippen molar-refractivity contribution < 1.29 is 4.42 Å². The molecule has 0 bridgehead atoms. The minimum Gasteiger partial charge on any atom is -0.440 e. The van der Waals surface area contributed by atoms with E-state index in [-0.39, 0.29) is 50.2 Å². The van der Waals surface area contributed by atoms with Crippen molar-refractivity contribution in [3.8, 4) is 11.1 Å². The Bertz CT molecular complexity index is 3570. The monoisotopic (exact) mass is 1010 g/mol. The topological polar surface area (TPSA) is 31.6 Å². The molecule has 4 nitrogen and oxygen atoms in total. The molecular formula is C71H86BN3O. The van der Waals surface area contributed by atoms with Crippen LogP contribution in [-0.2, 0) is 43.4 Å². The molecule has 2 aliphatic heterocycles. The van der Waals surface area contributed by atoms with Gasteiger partial charge in [0.15, 0.2) is 0 Å². The minimum atomic E-state index is -0.200. The summed E-state index contributed by atoms with van der Waals surface area (Å²) in [6, 6.07) is 39.7. The molecule has 1 unspecified atom stereocenters. The first-order valence-electron chi connectivity index (χ1n) is 29.0. The molecule has 6 aromatic carbocycles. The number of anilines is 6. The zero-order valence-corrected chi connectivity index (χ0v) is 49.9. The smallest absolute Gasteiger partial charge is 0.257 e. The molecule has 394 valence electrons. The number of aryl methyl sites for hydroxylation is 1. The van der Waals surface area contributed by atoms with Crippen LogP contribution in [0.4, 0.5) is 34.3 Å². The van der Waals surface area contributed by atoms with Gasteiger partial charge in [0, 0.05) is 44.7 Å². The van der Waals surface area contributed by atoms with Crippen molar-refractivity contribution in [2.24, 2.45) is 0 Å². The number of rotatable bonds is 4. The lowest BCUT2D eigenvalue weighted by atomic mass is 9.33. The van der Waals surface area contributed by atoms with Gasteiger partial charge in [-0.3, -0.25) is 4.90 Å². The number of nitrogens with one attached hydrogen (secondary N) is 1. The van der Waals surface area contributed by atoms with Crippen LogP contribution in [0.3, 0.4) is 0 Å². The first-order valence-corrected chi connectivity index (χ1v) is 29.0. The summed E-state index contributed by atoms with van der Waals surface area (Å²) < 4.78 is 7.70. The maximum atomic E-state index is 7.70. The molecule has 0 fully saturated rings. The highest BCUT2D eigenvalue weighted by atomic mass is 16.4. The van der Waals surface area contributed by atoms with Crippen LogP contribution in [-0.4, -0.2) is 13.8 Å². The van der Waals surface area contributed by atoms with Gasteiger partial charge in [-0.1, -0.05) is 153 Å². The summed E-state index contributed by atoms with van der Waals surface area (Å²) in [5.41, 5.74) is 26.1. The van der Waals surface area contributed by atoms with E-state index < -0.39 is 0 Å². The predicted molar refractivity (Wildman–Crippen MR) is 327 cm³/mol. The summed E-state index contributed by atoms with van der Waals surface area (Å²) >= 11 is 0. The average molecular weight is 1010 g/mol. The third-order valence-electron chi connectivity index (χ3n) is 20.3. The first-order chi connectivity index (χ1) is 35.3. The van der Waals surface area contributed by atoms with Crippen molar-refractivity contribution in [1.82, 2.24) is 5.32 Å². The van der Waals surface area contributed by atoms with Crippen molar-refractivity contribution in [3.05, 3.63) is 147 Å². The normalized spacial score (nSPS) is 21.3. The summed E-state index contributed by atoms with van der Waals surface area (Å²) in [4.78, 5) is 5.26. The van der Waals surface area contributed by atoms with Crippen molar-refractivity contribution >= 4 is 68.4 Å². The number of fused-ring (bicyclic) bond motifs is 9. The standard InChI is InChI=1S/C71H86BN3O/c1-42-34-58-62-59(35-42)75(56-27-24-45(65(5,6)7)36-47(56)43-20-22-44(23-21-43)64(2,3)4)57-40-54-52(70(16,17)32-33-71(54,18)73-19)39-55(57)72(62)61-48-38-51-53(69(14,15)31-30-68(51,12)13)41-60(48)76-63(61)74(58)46-25-26-49-50(37-46)67(10,11)29-28-66(49,8)9/h20-27,34-41,73H,28-33H2,1-19H3. The molecule has 7 aromatic rings. The zero-order chi connectivity index (χ0) is 54.4.